The molecular weight excluding hydrogens is 357 g/mol. The molecule has 0 aliphatic carbocycles. The Morgan fingerprint density at radius 2 is 1.82 bits per heavy atom. The van der Waals surface area contributed by atoms with E-state index in [1.165, 1.54) is 12.1 Å². The number of nitrogens with two attached hydrogens (primary N) is 1. The maximum Gasteiger partial charge on any atom is 0.223 e. The molecule has 0 spiro atoms. The number of hydrogen-bond acceptors (Lipinski definition) is 3. The van der Waals surface area contributed by atoms with Crippen molar-refractivity contribution in [2.45, 2.75) is 26.3 Å². The highest BCUT2D eigenvalue weighted by atomic mass is 19.1. The Morgan fingerprint density at radius 3 is 2.50 bits per heavy atom. The molecule has 142 valence electrons. The van der Waals surface area contributed by atoms with Gasteiger partial charge in [0.1, 0.15) is 11.5 Å². The van der Waals surface area contributed by atoms with Crippen molar-refractivity contribution in [3.63, 3.8) is 0 Å². The molecule has 0 atom stereocenters. The molecule has 0 aliphatic rings. The summed E-state index contributed by atoms with van der Waals surface area (Å²) >= 11 is 0. The van der Waals surface area contributed by atoms with E-state index in [1.807, 2.05) is 22.7 Å². The summed E-state index contributed by atoms with van der Waals surface area (Å²) in [5.74, 6) is -0.698. The summed E-state index contributed by atoms with van der Waals surface area (Å²) in [6.07, 6.45) is 5.49. The molecule has 1 aromatic carbocycles. The zero-order valence-electron chi connectivity index (χ0n) is 15.6. The van der Waals surface area contributed by atoms with Crippen molar-refractivity contribution in [1.29, 1.82) is 0 Å². The van der Waals surface area contributed by atoms with Crippen LogP contribution in [0.25, 0.3) is 28.2 Å². The zero-order chi connectivity index (χ0) is 19.8. The molecule has 0 saturated heterocycles. The van der Waals surface area contributed by atoms with Crippen LogP contribution in [0.3, 0.4) is 0 Å². The fraction of sp³-hybridized carbons (Fsp3) is 0.190. The van der Waals surface area contributed by atoms with Gasteiger partial charge >= 0.3 is 0 Å². The number of pyridine rings is 1. The standard InChI is InChI=1S/C21H20FN5O/c1-13(2)27-12-25-20(14-3-6-16(22)7-4-14)21(27)15-5-8-19-24-10-17(9-18(23)28)26(19)11-15/h3-8,10-13H,9H2,1-2H3,(H2,23,28). The maximum atomic E-state index is 13.4. The van der Waals surface area contributed by atoms with Gasteiger partial charge in [0.05, 0.1) is 29.8 Å². The van der Waals surface area contributed by atoms with Crippen molar-refractivity contribution in [2.75, 3.05) is 0 Å². The summed E-state index contributed by atoms with van der Waals surface area (Å²) in [5, 5.41) is 0. The van der Waals surface area contributed by atoms with Gasteiger partial charge < -0.3 is 14.7 Å². The zero-order valence-corrected chi connectivity index (χ0v) is 15.6. The number of fused-ring (bicyclic) bond motifs is 1. The van der Waals surface area contributed by atoms with Crippen LogP contribution in [0.2, 0.25) is 0 Å². The molecule has 0 aliphatic heterocycles. The van der Waals surface area contributed by atoms with Crippen molar-refractivity contribution in [2.24, 2.45) is 5.73 Å². The van der Waals surface area contributed by atoms with Gasteiger partial charge in [0.15, 0.2) is 0 Å². The van der Waals surface area contributed by atoms with Crippen LogP contribution >= 0.6 is 0 Å². The number of rotatable bonds is 5. The average molecular weight is 377 g/mol. The van der Waals surface area contributed by atoms with Gasteiger partial charge in [-0.25, -0.2) is 14.4 Å². The van der Waals surface area contributed by atoms with Crippen LogP contribution < -0.4 is 5.73 Å². The largest absolute Gasteiger partial charge is 0.369 e. The number of primary amides is 1. The first kappa shape index (κ1) is 17.9. The van der Waals surface area contributed by atoms with Gasteiger partial charge in [0.2, 0.25) is 5.91 Å². The first-order valence-corrected chi connectivity index (χ1v) is 9.01. The van der Waals surface area contributed by atoms with E-state index < -0.39 is 5.91 Å². The Labute approximate surface area is 161 Å². The van der Waals surface area contributed by atoms with Crippen LogP contribution in [0.4, 0.5) is 4.39 Å². The lowest BCUT2D eigenvalue weighted by atomic mass is 10.1. The number of nitrogens with zero attached hydrogens (tertiary/aromatic N) is 4. The second-order valence-electron chi connectivity index (χ2n) is 6.99. The lowest BCUT2D eigenvalue weighted by Crippen LogP contribution is -2.14. The minimum Gasteiger partial charge on any atom is -0.369 e. The van der Waals surface area contributed by atoms with Crippen molar-refractivity contribution in [1.82, 2.24) is 18.9 Å². The van der Waals surface area contributed by atoms with E-state index in [0.717, 1.165) is 33.9 Å². The minimum atomic E-state index is -0.411. The van der Waals surface area contributed by atoms with E-state index in [2.05, 4.69) is 28.4 Å². The Bertz CT molecular complexity index is 1160. The first-order chi connectivity index (χ1) is 13.4. The molecule has 2 N–H and O–H groups in total. The van der Waals surface area contributed by atoms with E-state index in [9.17, 15) is 9.18 Å². The molecule has 6 nitrogen and oxygen atoms in total. The predicted octanol–water partition coefficient (Wildman–Crippen LogP) is 3.61. The molecule has 4 aromatic rings. The molecule has 0 radical (unpaired) electrons. The second-order valence-corrected chi connectivity index (χ2v) is 6.99. The first-order valence-electron chi connectivity index (χ1n) is 9.01. The summed E-state index contributed by atoms with van der Waals surface area (Å²) in [6.45, 7) is 4.15. The summed E-state index contributed by atoms with van der Waals surface area (Å²) < 4.78 is 17.3. The van der Waals surface area contributed by atoms with E-state index in [4.69, 9.17) is 5.73 Å². The molecule has 0 saturated carbocycles. The van der Waals surface area contributed by atoms with Crippen molar-refractivity contribution >= 4 is 11.6 Å². The van der Waals surface area contributed by atoms with Gasteiger partial charge in [-0.1, -0.05) is 0 Å². The predicted molar refractivity (Wildman–Crippen MR) is 105 cm³/mol. The summed E-state index contributed by atoms with van der Waals surface area (Å²) in [7, 11) is 0. The third kappa shape index (κ3) is 3.15. The van der Waals surface area contributed by atoms with E-state index in [1.54, 1.807) is 24.7 Å². The highest BCUT2D eigenvalue weighted by Gasteiger charge is 2.18. The lowest BCUT2D eigenvalue weighted by molar-refractivity contribution is -0.117. The number of amides is 1. The van der Waals surface area contributed by atoms with Gasteiger partial charge in [-0.05, 0) is 50.2 Å². The summed E-state index contributed by atoms with van der Waals surface area (Å²) in [4.78, 5) is 20.3. The number of aromatic nitrogens is 4. The number of carbonyl (C=O) groups is 1. The third-order valence-electron chi connectivity index (χ3n) is 4.68. The normalized spacial score (nSPS) is 11.4. The van der Waals surface area contributed by atoms with Crippen LogP contribution in [-0.4, -0.2) is 24.8 Å². The lowest BCUT2D eigenvalue weighted by Gasteiger charge is -2.14. The maximum absolute atomic E-state index is 13.4. The number of benzene rings is 1. The monoisotopic (exact) mass is 377 g/mol. The quantitative estimate of drug-likeness (QED) is 0.577. The highest BCUT2D eigenvalue weighted by molar-refractivity contribution is 5.79. The molecule has 0 bridgehead atoms. The van der Waals surface area contributed by atoms with Crippen LogP contribution in [0, 0.1) is 5.82 Å². The van der Waals surface area contributed by atoms with Gasteiger partial charge in [0.25, 0.3) is 0 Å². The third-order valence-corrected chi connectivity index (χ3v) is 4.68. The second kappa shape index (κ2) is 6.92. The molecule has 1 amide bonds. The summed E-state index contributed by atoms with van der Waals surface area (Å²) in [6, 6.07) is 10.3. The molecule has 3 aromatic heterocycles. The molecule has 3 heterocycles. The van der Waals surface area contributed by atoms with Gasteiger partial charge in [-0.3, -0.25) is 4.79 Å². The molecule has 7 heteroatoms. The van der Waals surface area contributed by atoms with Gasteiger partial charge in [-0.15, -0.1) is 0 Å². The molecular formula is C21H20FN5O. The Morgan fingerprint density at radius 1 is 1.11 bits per heavy atom. The van der Waals surface area contributed by atoms with Crippen LogP contribution in [0.1, 0.15) is 25.6 Å². The number of carbonyl (C=O) groups excluding carboxylic acids is 1. The Balaban J connectivity index is 1.91. The number of imidazole rings is 2. The summed E-state index contributed by atoms with van der Waals surface area (Å²) in [5.41, 5.74) is 10.3. The highest BCUT2D eigenvalue weighted by Crippen LogP contribution is 2.33. The molecule has 0 fully saturated rings. The molecule has 28 heavy (non-hydrogen) atoms. The van der Waals surface area contributed by atoms with E-state index in [0.29, 0.717) is 0 Å². The van der Waals surface area contributed by atoms with Crippen molar-refractivity contribution in [3.05, 3.63) is 66.6 Å². The van der Waals surface area contributed by atoms with Crippen LogP contribution in [0.5, 0.6) is 0 Å². The average Bonchev–Trinajstić information content (AvgIpc) is 3.26. The van der Waals surface area contributed by atoms with Crippen molar-refractivity contribution in [3.8, 4) is 22.5 Å². The number of halogens is 1. The van der Waals surface area contributed by atoms with Gasteiger partial charge in [-0.2, -0.15) is 0 Å². The number of hydrogen-bond donors (Lipinski definition) is 1. The SMILES string of the molecule is CC(C)n1cnc(-c2ccc(F)cc2)c1-c1ccc2ncc(CC(N)=O)n2c1. The van der Waals surface area contributed by atoms with E-state index in [-0.39, 0.29) is 18.3 Å². The molecule has 0 unspecified atom stereocenters. The molecule has 4 rings (SSSR count). The topological polar surface area (TPSA) is 78.2 Å². The van der Waals surface area contributed by atoms with Crippen LogP contribution in [-0.2, 0) is 11.2 Å². The fourth-order valence-corrected chi connectivity index (χ4v) is 3.34. The fourth-order valence-electron chi connectivity index (χ4n) is 3.34. The van der Waals surface area contributed by atoms with Gasteiger partial charge in [0, 0.05) is 29.6 Å². The Hall–Kier alpha value is -3.48. The smallest absolute Gasteiger partial charge is 0.223 e. The van der Waals surface area contributed by atoms with E-state index >= 15 is 0 Å². The minimum absolute atomic E-state index is 0.110. The van der Waals surface area contributed by atoms with Crippen molar-refractivity contribution < 1.29 is 9.18 Å². The van der Waals surface area contributed by atoms with Crippen LogP contribution in [0.15, 0.2) is 55.1 Å². The Kier molecular flexibility index (Phi) is 4.43.